The molecule has 1 aliphatic heterocycles. The highest BCUT2D eigenvalue weighted by molar-refractivity contribution is 7.89. The Balaban J connectivity index is 2.48. The normalized spacial score (nSPS) is 19.9. The van der Waals surface area contributed by atoms with E-state index in [2.05, 4.69) is 0 Å². The number of rotatable bonds is 5. The van der Waals surface area contributed by atoms with Crippen LogP contribution in [0.25, 0.3) is 0 Å². The van der Waals surface area contributed by atoms with Crippen LogP contribution in [0.3, 0.4) is 0 Å². The summed E-state index contributed by atoms with van der Waals surface area (Å²) in [5, 5.41) is 0. The fourth-order valence-electron chi connectivity index (χ4n) is 2.86. The molecule has 1 unspecified atom stereocenters. The number of ether oxygens (including phenoxy) is 2. The molecule has 2 rings (SSSR count). The third-order valence-corrected chi connectivity index (χ3v) is 6.04. The van der Waals surface area contributed by atoms with Crippen LogP contribution in [-0.2, 0) is 10.0 Å². The third kappa shape index (κ3) is 3.05. The van der Waals surface area contributed by atoms with Crippen LogP contribution in [0.4, 0.5) is 4.39 Å². The molecule has 0 aromatic heterocycles. The van der Waals surface area contributed by atoms with Gasteiger partial charge in [0, 0.05) is 24.7 Å². The lowest BCUT2D eigenvalue weighted by Gasteiger charge is -2.34. The maximum atomic E-state index is 14.3. The van der Waals surface area contributed by atoms with E-state index >= 15 is 0 Å². The van der Waals surface area contributed by atoms with Crippen LogP contribution in [0, 0.1) is 5.82 Å². The zero-order chi connectivity index (χ0) is 16.3. The molecule has 1 aromatic rings. The van der Waals surface area contributed by atoms with Crippen LogP contribution in [0.2, 0.25) is 0 Å². The smallest absolute Gasteiger partial charge is 0.246 e. The first-order chi connectivity index (χ1) is 10.5. The number of hydrogen-bond donors (Lipinski definition) is 0. The second-order valence-electron chi connectivity index (χ2n) is 5.31. The highest BCUT2D eigenvalue weighted by atomic mass is 32.2. The number of piperidine rings is 1. The Hall–Kier alpha value is -1.34. The molecule has 124 valence electrons. The van der Waals surface area contributed by atoms with Crippen LogP contribution in [0.1, 0.15) is 32.6 Å². The largest absolute Gasteiger partial charge is 0.493 e. The molecule has 22 heavy (non-hydrogen) atoms. The predicted molar refractivity (Wildman–Crippen MR) is 81.3 cm³/mol. The van der Waals surface area contributed by atoms with Gasteiger partial charge in [-0.05, 0) is 19.3 Å². The van der Waals surface area contributed by atoms with Crippen LogP contribution >= 0.6 is 0 Å². The van der Waals surface area contributed by atoms with E-state index in [1.54, 1.807) is 0 Å². The first-order valence-corrected chi connectivity index (χ1v) is 8.83. The molecule has 1 saturated heterocycles. The van der Waals surface area contributed by atoms with Crippen molar-refractivity contribution in [3.8, 4) is 11.5 Å². The van der Waals surface area contributed by atoms with Gasteiger partial charge in [-0.25, -0.2) is 12.8 Å². The van der Waals surface area contributed by atoms with Gasteiger partial charge in [0.2, 0.25) is 10.0 Å². The van der Waals surface area contributed by atoms with E-state index < -0.39 is 15.8 Å². The van der Waals surface area contributed by atoms with E-state index in [1.807, 2.05) is 6.92 Å². The summed E-state index contributed by atoms with van der Waals surface area (Å²) < 4.78 is 51.5. The highest BCUT2D eigenvalue weighted by Gasteiger charge is 2.35. The van der Waals surface area contributed by atoms with Crippen molar-refractivity contribution in [2.45, 2.75) is 43.5 Å². The maximum Gasteiger partial charge on any atom is 0.246 e. The number of sulfonamides is 1. The molecule has 0 N–H and O–H groups in total. The van der Waals surface area contributed by atoms with E-state index in [4.69, 9.17) is 9.47 Å². The molecule has 7 heteroatoms. The Labute approximate surface area is 131 Å². The van der Waals surface area contributed by atoms with Gasteiger partial charge in [0.15, 0.2) is 11.5 Å². The minimum atomic E-state index is -3.89. The quantitative estimate of drug-likeness (QED) is 0.832. The Bertz CT molecular complexity index is 633. The van der Waals surface area contributed by atoms with Crippen LogP contribution in [-0.4, -0.2) is 39.5 Å². The van der Waals surface area contributed by atoms with E-state index in [9.17, 15) is 12.8 Å². The summed E-state index contributed by atoms with van der Waals surface area (Å²) in [6.45, 7) is 2.37. The average molecular weight is 331 g/mol. The number of benzene rings is 1. The summed E-state index contributed by atoms with van der Waals surface area (Å²) in [5.41, 5.74) is 0. The summed E-state index contributed by atoms with van der Waals surface area (Å²) in [5.74, 6) is -0.449. The van der Waals surface area contributed by atoms with Gasteiger partial charge < -0.3 is 9.47 Å². The average Bonchev–Trinajstić information content (AvgIpc) is 2.54. The number of halogens is 1. The molecule has 0 spiro atoms. The van der Waals surface area contributed by atoms with Gasteiger partial charge in [0.1, 0.15) is 10.7 Å². The minimum Gasteiger partial charge on any atom is -0.493 e. The second-order valence-corrected chi connectivity index (χ2v) is 7.17. The van der Waals surface area contributed by atoms with Crippen LogP contribution < -0.4 is 9.47 Å². The molecule has 1 aromatic carbocycles. The van der Waals surface area contributed by atoms with Gasteiger partial charge >= 0.3 is 0 Å². The summed E-state index contributed by atoms with van der Waals surface area (Å²) in [6.07, 6.45) is 3.32. The minimum absolute atomic E-state index is 0.0775. The fraction of sp³-hybridized carbons (Fsp3) is 0.600. The molecule has 0 radical (unpaired) electrons. The predicted octanol–water partition coefficient (Wildman–Crippen LogP) is 2.80. The molecule has 1 heterocycles. The maximum absolute atomic E-state index is 14.3. The van der Waals surface area contributed by atoms with Crippen molar-refractivity contribution in [2.24, 2.45) is 0 Å². The Morgan fingerprint density at radius 1 is 1.23 bits per heavy atom. The molecular formula is C15H22FNO4S. The summed E-state index contributed by atoms with van der Waals surface area (Å²) in [7, 11) is -1.12. The standard InChI is InChI=1S/C15H22FNO4S/c1-4-11-7-5-6-8-17(11)22(18,19)15-10-14(21-3)13(20-2)9-12(15)16/h9-11H,4-8H2,1-3H3. The summed E-state index contributed by atoms with van der Waals surface area (Å²) in [6, 6.07) is 2.17. The van der Waals surface area contributed by atoms with Crippen molar-refractivity contribution >= 4 is 10.0 Å². The van der Waals surface area contributed by atoms with E-state index in [-0.39, 0.29) is 22.4 Å². The first kappa shape index (κ1) is 17.0. The number of methoxy groups -OCH3 is 2. The van der Waals surface area contributed by atoms with Crippen molar-refractivity contribution in [1.29, 1.82) is 0 Å². The Kier molecular flexibility index (Phi) is 5.28. The van der Waals surface area contributed by atoms with Crippen molar-refractivity contribution in [3.63, 3.8) is 0 Å². The lowest BCUT2D eigenvalue weighted by atomic mass is 10.0. The van der Waals surface area contributed by atoms with Crippen LogP contribution in [0.15, 0.2) is 17.0 Å². The topological polar surface area (TPSA) is 55.8 Å². The molecule has 0 saturated carbocycles. The Morgan fingerprint density at radius 3 is 2.45 bits per heavy atom. The Morgan fingerprint density at radius 2 is 1.86 bits per heavy atom. The summed E-state index contributed by atoms with van der Waals surface area (Å²) in [4.78, 5) is -0.356. The lowest BCUT2D eigenvalue weighted by molar-refractivity contribution is 0.245. The lowest BCUT2D eigenvalue weighted by Crippen LogP contribution is -2.43. The van der Waals surface area contributed by atoms with E-state index in [0.717, 1.165) is 25.3 Å². The molecule has 1 atom stereocenters. The summed E-state index contributed by atoms with van der Waals surface area (Å²) >= 11 is 0. The number of nitrogens with zero attached hydrogens (tertiary/aromatic N) is 1. The molecule has 0 bridgehead atoms. The van der Waals surface area contributed by atoms with Gasteiger partial charge in [-0.3, -0.25) is 0 Å². The van der Waals surface area contributed by atoms with Crippen molar-refractivity contribution in [1.82, 2.24) is 4.31 Å². The highest BCUT2D eigenvalue weighted by Crippen LogP contribution is 2.35. The second kappa shape index (κ2) is 6.83. The molecule has 0 amide bonds. The molecule has 1 fully saturated rings. The SMILES string of the molecule is CCC1CCCCN1S(=O)(=O)c1cc(OC)c(OC)cc1F. The molecule has 1 aliphatic rings. The monoisotopic (exact) mass is 331 g/mol. The van der Waals surface area contributed by atoms with E-state index in [0.29, 0.717) is 13.0 Å². The first-order valence-electron chi connectivity index (χ1n) is 7.39. The van der Waals surface area contributed by atoms with Crippen molar-refractivity contribution < 1.29 is 22.3 Å². The van der Waals surface area contributed by atoms with Gasteiger partial charge in [-0.15, -0.1) is 0 Å². The molecule has 0 aliphatic carbocycles. The van der Waals surface area contributed by atoms with Crippen molar-refractivity contribution in [3.05, 3.63) is 17.9 Å². The number of hydrogen-bond acceptors (Lipinski definition) is 4. The zero-order valence-corrected chi connectivity index (χ0v) is 14.0. The zero-order valence-electron chi connectivity index (χ0n) is 13.1. The molecule has 5 nitrogen and oxygen atoms in total. The van der Waals surface area contributed by atoms with Gasteiger partial charge in [-0.1, -0.05) is 13.3 Å². The van der Waals surface area contributed by atoms with Gasteiger partial charge in [-0.2, -0.15) is 4.31 Å². The van der Waals surface area contributed by atoms with Crippen LogP contribution in [0.5, 0.6) is 11.5 Å². The van der Waals surface area contributed by atoms with E-state index in [1.165, 1.54) is 24.6 Å². The van der Waals surface area contributed by atoms with Gasteiger partial charge in [0.05, 0.1) is 14.2 Å². The third-order valence-electron chi connectivity index (χ3n) is 4.07. The van der Waals surface area contributed by atoms with Gasteiger partial charge in [0.25, 0.3) is 0 Å². The molecular weight excluding hydrogens is 309 g/mol. The van der Waals surface area contributed by atoms with Crippen molar-refractivity contribution in [2.75, 3.05) is 20.8 Å². The fourth-order valence-corrected chi connectivity index (χ4v) is 4.69.